The Morgan fingerprint density at radius 3 is 2.50 bits per heavy atom. The summed E-state index contributed by atoms with van der Waals surface area (Å²) in [5, 5.41) is 0.415. The molecule has 0 aliphatic carbocycles. The fourth-order valence-electron chi connectivity index (χ4n) is 3.66. The van der Waals surface area contributed by atoms with Crippen LogP contribution in [0.15, 0.2) is 71.7 Å². The van der Waals surface area contributed by atoms with Crippen molar-refractivity contribution in [2.45, 2.75) is 0 Å². The average molecular weight is 428 g/mol. The topological polar surface area (TPSA) is 97.4 Å². The lowest BCUT2D eigenvalue weighted by atomic mass is 10.0. The highest BCUT2D eigenvalue weighted by atomic mass is 16.5. The number of rotatable bonds is 4. The van der Waals surface area contributed by atoms with Gasteiger partial charge in [-0.05, 0) is 41.5 Å². The molecule has 1 aliphatic heterocycles. The maximum Gasteiger partial charge on any atom is 0.343 e. The Morgan fingerprint density at radius 1 is 1.00 bits per heavy atom. The Bertz CT molecular complexity index is 1310. The summed E-state index contributed by atoms with van der Waals surface area (Å²) in [7, 11) is 0. The lowest BCUT2D eigenvalue weighted by molar-refractivity contribution is 0.0735. The summed E-state index contributed by atoms with van der Waals surface area (Å²) in [6.07, 6.45) is 1.64. The minimum absolute atomic E-state index is 0.251. The van der Waals surface area contributed by atoms with E-state index in [1.54, 1.807) is 60.8 Å². The van der Waals surface area contributed by atoms with Gasteiger partial charge in [-0.25, -0.2) is 9.78 Å². The number of pyridine rings is 1. The molecule has 5 rings (SSSR count). The van der Waals surface area contributed by atoms with Gasteiger partial charge in [-0.15, -0.1) is 0 Å². The Hall–Kier alpha value is -4.04. The lowest BCUT2D eigenvalue weighted by Gasteiger charge is -2.27. The van der Waals surface area contributed by atoms with Crippen molar-refractivity contribution < 1.29 is 14.3 Å². The minimum atomic E-state index is -0.427. The highest BCUT2D eigenvalue weighted by Crippen LogP contribution is 2.27. The van der Waals surface area contributed by atoms with E-state index >= 15 is 0 Å². The fourth-order valence-corrected chi connectivity index (χ4v) is 3.66. The van der Waals surface area contributed by atoms with E-state index in [9.17, 15) is 9.59 Å². The molecule has 160 valence electrons. The van der Waals surface area contributed by atoms with E-state index in [2.05, 4.69) is 15.0 Å². The van der Waals surface area contributed by atoms with Crippen LogP contribution >= 0.6 is 0 Å². The summed E-state index contributed by atoms with van der Waals surface area (Å²) >= 11 is 0. The van der Waals surface area contributed by atoms with Gasteiger partial charge in [0.2, 0.25) is 5.95 Å². The second kappa shape index (κ2) is 8.60. The van der Waals surface area contributed by atoms with Crippen molar-refractivity contribution in [3.05, 3.63) is 82.8 Å². The number of fused-ring (bicyclic) bond motifs is 1. The summed E-state index contributed by atoms with van der Waals surface area (Å²) in [6, 6.07) is 17.6. The number of aromatic amines is 1. The molecule has 2 aromatic carbocycles. The second-order valence-electron chi connectivity index (χ2n) is 7.33. The molecule has 1 fully saturated rings. The quantitative estimate of drug-likeness (QED) is 0.394. The van der Waals surface area contributed by atoms with Gasteiger partial charge in [0.05, 0.1) is 24.2 Å². The Morgan fingerprint density at radius 2 is 1.75 bits per heavy atom. The molecule has 0 bridgehead atoms. The third-order valence-corrected chi connectivity index (χ3v) is 5.29. The van der Waals surface area contributed by atoms with Gasteiger partial charge in [0.25, 0.3) is 5.56 Å². The maximum absolute atomic E-state index is 12.9. The van der Waals surface area contributed by atoms with E-state index in [-0.39, 0.29) is 5.56 Å². The van der Waals surface area contributed by atoms with Crippen LogP contribution in [-0.2, 0) is 4.74 Å². The standard InChI is InChI=1S/C24H20N4O4/c29-22-20-19(10-11-25-21(20)26-24(27-22)28-12-14-31-15-13-28)16-6-8-18(9-7-16)32-23(30)17-4-2-1-3-5-17/h1-11H,12-15H2,(H,25,26,27,29). The average Bonchev–Trinajstić information content (AvgIpc) is 2.85. The summed E-state index contributed by atoms with van der Waals surface area (Å²) in [5.41, 5.74) is 2.11. The first-order valence-corrected chi connectivity index (χ1v) is 10.3. The normalized spacial score (nSPS) is 13.8. The number of hydrogen-bond donors (Lipinski definition) is 1. The molecule has 0 radical (unpaired) electrons. The molecule has 8 heteroatoms. The van der Waals surface area contributed by atoms with Crippen molar-refractivity contribution >= 4 is 23.0 Å². The van der Waals surface area contributed by atoms with E-state index < -0.39 is 5.97 Å². The molecule has 0 atom stereocenters. The van der Waals surface area contributed by atoms with Crippen LogP contribution in [0.5, 0.6) is 5.75 Å². The van der Waals surface area contributed by atoms with Crippen LogP contribution in [0.4, 0.5) is 5.95 Å². The largest absolute Gasteiger partial charge is 0.423 e. The predicted octanol–water partition coefficient (Wildman–Crippen LogP) is 3.04. The third kappa shape index (κ3) is 3.95. The van der Waals surface area contributed by atoms with Crippen molar-refractivity contribution in [1.82, 2.24) is 15.0 Å². The van der Waals surface area contributed by atoms with Crippen molar-refractivity contribution in [3.63, 3.8) is 0 Å². The number of H-pyrrole nitrogens is 1. The molecular formula is C24H20N4O4. The van der Waals surface area contributed by atoms with Crippen molar-refractivity contribution in [1.29, 1.82) is 0 Å². The zero-order valence-corrected chi connectivity index (χ0v) is 17.2. The Kier molecular flexibility index (Phi) is 5.35. The van der Waals surface area contributed by atoms with Crippen LogP contribution in [0.2, 0.25) is 0 Å². The van der Waals surface area contributed by atoms with Gasteiger partial charge in [-0.3, -0.25) is 9.78 Å². The monoisotopic (exact) mass is 428 g/mol. The molecule has 8 nitrogen and oxygen atoms in total. The highest BCUT2D eigenvalue weighted by molar-refractivity contribution is 5.93. The zero-order chi connectivity index (χ0) is 21.9. The molecule has 1 saturated heterocycles. The smallest absolute Gasteiger partial charge is 0.343 e. The van der Waals surface area contributed by atoms with Crippen LogP contribution in [0.1, 0.15) is 10.4 Å². The molecular weight excluding hydrogens is 408 g/mol. The molecule has 3 heterocycles. The molecule has 32 heavy (non-hydrogen) atoms. The van der Waals surface area contributed by atoms with Crippen molar-refractivity contribution in [3.8, 4) is 16.9 Å². The predicted molar refractivity (Wildman–Crippen MR) is 120 cm³/mol. The number of anilines is 1. The van der Waals surface area contributed by atoms with Crippen molar-refractivity contribution in [2.75, 3.05) is 31.2 Å². The summed E-state index contributed by atoms with van der Waals surface area (Å²) in [5.74, 6) is 0.491. The van der Waals surface area contributed by atoms with E-state index in [4.69, 9.17) is 9.47 Å². The SMILES string of the molecule is O=C(Oc1ccc(-c2ccnc3nc(N4CCOCC4)[nH]c(=O)c23)cc1)c1ccccc1. The van der Waals surface area contributed by atoms with Crippen LogP contribution in [-0.4, -0.2) is 47.2 Å². The summed E-state index contributed by atoms with van der Waals surface area (Å²) < 4.78 is 10.8. The fraction of sp³-hybridized carbons (Fsp3) is 0.167. The zero-order valence-electron chi connectivity index (χ0n) is 17.2. The highest BCUT2D eigenvalue weighted by Gasteiger charge is 2.17. The number of esters is 1. The molecule has 2 aromatic heterocycles. The first-order chi connectivity index (χ1) is 15.7. The number of benzene rings is 2. The second-order valence-corrected chi connectivity index (χ2v) is 7.33. The molecule has 4 aromatic rings. The molecule has 1 aliphatic rings. The summed E-state index contributed by atoms with van der Waals surface area (Å²) in [4.78, 5) is 38.9. The first-order valence-electron chi connectivity index (χ1n) is 10.3. The third-order valence-electron chi connectivity index (χ3n) is 5.29. The van der Waals surface area contributed by atoms with Gasteiger partial charge in [-0.1, -0.05) is 30.3 Å². The van der Waals surface area contributed by atoms with Gasteiger partial charge in [0.15, 0.2) is 5.65 Å². The van der Waals surface area contributed by atoms with Crippen LogP contribution in [0, 0.1) is 0 Å². The van der Waals surface area contributed by atoms with Crippen LogP contribution < -0.4 is 15.2 Å². The molecule has 0 amide bonds. The van der Waals surface area contributed by atoms with E-state index in [0.29, 0.717) is 60.2 Å². The number of ether oxygens (including phenoxy) is 2. The van der Waals surface area contributed by atoms with E-state index in [1.807, 2.05) is 11.0 Å². The number of aromatic nitrogens is 3. The van der Waals surface area contributed by atoms with Gasteiger partial charge in [0.1, 0.15) is 5.75 Å². The molecule has 0 saturated carbocycles. The summed E-state index contributed by atoms with van der Waals surface area (Å²) in [6.45, 7) is 2.52. The Labute approximate surface area is 183 Å². The number of nitrogens with one attached hydrogen (secondary N) is 1. The van der Waals surface area contributed by atoms with Crippen LogP contribution in [0.25, 0.3) is 22.2 Å². The number of nitrogens with zero attached hydrogens (tertiary/aromatic N) is 3. The minimum Gasteiger partial charge on any atom is -0.423 e. The molecule has 0 unspecified atom stereocenters. The van der Waals surface area contributed by atoms with Crippen LogP contribution in [0.3, 0.4) is 0 Å². The number of hydrogen-bond acceptors (Lipinski definition) is 7. The van der Waals surface area contributed by atoms with Gasteiger partial charge >= 0.3 is 5.97 Å². The maximum atomic E-state index is 12.9. The molecule has 0 spiro atoms. The lowest BCUT2D eigenvalue weighted by Crippen LogP contribution is -2.38. The van der Waals surface area contributed by atoms with E-state index in [1.165, 1.54) is 0 Å². The van der Waals surface area contributed by atoms with Gasteiger partial charge < -0.3 is 14.4 Å². The van der Waals surface area contributed by atoms with Gasteiger partial charge in [-0.2, -0.15) is 4.98 Å². The number of morpholine rings is 1. The van der Waals surface area contributed by atoms with Gasteiger partial charge in [0, 0.05) is 19.3 Å². The Balaban J connectivity index is 1.44. The number of carbonyl (C=O) groups is 1. The number of carbonyl (C=O) groups excluding carboxylic acids is 1. The van der Waals surface area contributed by atoms with Crippen molar-refractivity contribution in [2.24, 2.45) is 0 Å². The first kappa shape index (κ1) is 19.9. The van der Waals surface area contributed by atoms with E-state index in [0.717, 1.165) is 5.56 Å². The molecule has 1 N–H and O–H groups in total.